The summed E-state index contributed by atoms with van der Waals surface area (Å²) in [6.07, 6.45) is -2.67. The predicted molar refractivity (Wildman–Crippen MR) is 148 cm³/mol. The Kier molecular flexibility index (Phi) is 5.28. The lowest BCUT2D eigenvalue weighted by Gasteiger charge is -2.12. The number of nitrogen functional groups attached to an aromatic ring is 1. The van der Waals surface area contributed by atoms with E-state index in [0.29, 0.717) is 5.69 Å². The summed E-state index contributed by atoms with van der Waals surface area (Å²) in [4.78, 5) is 21.4. The van der Waals surface area contributed by atoms with Crippen LogP contribution in [0.25, 0.3) is 27.6 Å². The average molecular weight is 591 g/mol. The van der Waals surface area contributed by atoms with Crippen molar-refractivity contribution in [2.24, 2.45) is 0 Å². The minimum absolute atomic E-state index is 0.0334. The van der Waals surface area contributed by atoms with E-state index in [0.717, 1.165) is 32.5 Å². The van der Waals surface area contributed by atoms with Crippen LogP contribution in [0.2, 0.25) is 0 Å². The maximum absolute atomic E-state index is 14.0. The maximum Gasteiger partial charge on any atom is 0.586 e. The number of carbonyl (C=O) groups is 1. The first-order chi connectivity index (χ1) is 19.9. The van der Waals surface area contributed by atoms with Crippen LogP contribution in [0.15, 0.2) is 71.8 Å². The molecule has 7 rings (SSSR count). The van der Waals surface area contributed by atoms with Crippen molar-refractivity contribution in [2.45, 2.75) is 25.0 Å². The number of aromatic amines is 1. The van der Waals surface area contributed by atoms with Crippen LogP contribution >= 0.6 is 0 Å². The highest BCUT2D eigenvalue weighted by Crippen LogP contribution is 2.44. The number of H-pyrrole nitrogens is 1. The van der Waals surface area contributed by atoms with E-state index in [1.807, 2.05) is 6.92 Å². The average Bonchev–Trinajstić information content (AvgIpc) is 3.67. The molecule has 11 nitrogen and oxygen atoms in total. The highest BCUT2D eigenvalue weighted by atomic mass is 32.2. The van der Waals surface area contributed by atoms with E-state index in [1.165, 1.54) is 35.1 Å². The fourth-order valence-corrected chi connectivity index (χ4v) is 6.50. The Balaban J connectivity index is 1.39. The van der Waals surface area contributed by atoms with Crippen LogP contribution in [0, 0.1) is 13.8 Å². The van der Waals surface area contributed by atoms with Crippen molar-refractivity contribution in [3.05, 3.63) is 89.5 Å². The van der Waals surface area contributed by atoms with Gasteiger partial charge >= 0.3 is 6.29 Å². The van der Waals surface area contributed by atoms with Crippen molar-refractivity contribution >= 4 is 43.6 Å². The number of nitrogens with one attached hydrogen (secondary N) is 1. The third-order valence-corrected chi connectivity index (χ3v) is 8.69. The van der Waals surface area contributed by atoms with Gasteiger partial charge in [0.25, 0.3) is 10.0 Å². The summed E-state index contributed by atoms with van der Waals surface area (Å²) in [5.74, 6) is -0.736. The number of aryl methyl sites for hydroxylation is 2. The molecular formula is C28H20F2N6O5S. The second-order valence-electron chi connectivity index (χ2n) is 9.85. The smallest absolute Gasteiger partial charge is 0.395 e. The molecule has 1 aliphatic heterocycles. The Morgan fingerprint density at radius 2 is 1.71 bits per heavy atom. The molecule has 0 bridgehead atoms. The number of carbonyl (C=O) groups excluding carboxylic acids is 1. The number of hydrogen-bond donors (Lipinski definition) is 2. The first kappa shape index (κ1) is 25.7. The van der Waals surface area contributed by atoms with Gasteiger partial charge in [-0.3, -0.25) is 4.79 Å². The molecule has 3 N–H and O–H groups in total. The minimum atomic E-state index is -4.42. The molecule has 0 amide bonds. The van der Waals surface area contributed by atoms with Crippen molar-refractivity contribution in [1.82, 2.24) is 23.7 Å². The zero-order valence-corrected chi connectivity index (χ0v) is 22.7. The number of benzene rings is 3. The van der Waals surface area contributed by atoms with E-state index in [2.05, 4.69) is 24.5 Å². The van der Waals surface area contributed by atoms with Gasteiger partial charge in [-0.2, -0.15) is 5.10 Å². The zero-order chi connectivity index (χ0) is 29.6. The monoisotopic (exact) mass is 590 g/mol. The molecule has 0 spiro atoms. The number of nitrogens with two attached hydrogens (primary N) is 1. The lowest BCUT2D eigenvalue weighted by Crippen LogP contribution is -2.25. The molecule has 0 unspecified atom stereocenters. The third kappa shape index (κ3) is 3.90. The van der Waals surface area contributed by atoms with Crippen LogP contribution in [0.5, 0.6) is 11.5 Å². The Bertz CT molecular complexity index is 2200. The normalized spacial score (nSPS) is 14.2. The summed E-state index contributed by atoms with van der Waals surface area (Å²) in [6.45, 7) is 3.61. The van der Waals surface area contributed by atoms with E-state index in [9.17, 15) is 22.0 Å². The molecule has 212 valence electrons. The first-order valence-corrected chi connectivity index (χ1v) is 14.0. The minimum Gasteiger partial charge on any atom is -0.395 e. The number of ether oxygens (including phenoxy) is 2. The van der Waals surface area contributed by atoms with Gasteiger partial charge in [0.15, 0.2) is 11.5 Å². The summed E-state index contributed by atoms with van der Waals surface area (Å²) in [7, 11) is -4.42. The van der Waals surface area contributed by atoms with Crippen molar-refractivity contribution < 1.29 is 31.5 Å². The largest absolute Gasteiger partial charge is 0.586 e. The molecule has 3 aromatic heterocycles. The van der Waals surface area contributed by atoms with E-state index in [4.69, 9.17) is 5.73 Å². The number of nitrogens with zero attached hydrogens (tertiary/aromatic N) is 4. The molecule has 14 heteroatoms. The van der Waals surface area contributed by atoms with Gasteiger partial charge in [0.2, 0.25) is 5.78 Å². The van der Waals surface area contributed by atoms with Gasteiger partial charge in [-0.25, -0.2) is 22.1 Å². The molecule has 0 aliphatic carbocycles. The van der Waals surface area contributed by atoms with Crippen LogP contribution in [0.4, 0.5) is 14.6 Å². The lowest BCUT2D eigenvalue weighted by atomic mass is 10.1. The molecule has 4 heterocycles. The Hall–Kier alpha value is -5.24. The Labute approximate surface area is 236 Å². The quantitative estimate of drug-likeness (QED) is 0.275. The number of aromatic nitrogens is 5. The van der Waals surface area contributed by atoms with Gasteiger partial charge < -0.3 is 20.2 Å². The molecule has 3 aromatic carbocycles. The fourth-order valence-electron chi connectivity index (χ4n) is 4.99. The molecule has 0 fully saturated rings. The van der Waals surface area contributed by atoms with Gasteiger partial charge in [-0.1, -0.05) is 17.7 Å². The van der Waals surface area contributed by atoms with Crippen molar-refractivity contribution in [3.8, 4) is 17.2 Å². The summed E-state index contributed by atoms with van der Waals surface area (Å²) in [5.41, 5.74) is 8.80. The molecular weight excluding hydrogens is 570 g/mol. The van der Waals surface area contributed by atoms with Crippen molar-refractivity contribution in [2.75, 3.05) is 5.73 Å². The second-order valence-corrected chi connectivity index (χ2v) is 11.6. The number of imidazole rings is 1. The summed E-state index contributed by atoms with van der Waals surface area (Å²) < 4.78 is 66.8. The molecule has 42 heavy (non-hydrogen) atoms. The number of fused-ring (bicyclic) bond motifs is 3. The van der Waals surface area contributed by atoms with Crippen LogP contribution in [0.1, 0.15) is 27.4 Å². The van der Waals surface area contributed by atoms with Crippen molar-refractivity contribution in [1.29, 1.82) is 0 Å². The summed E-state index contributed by atoms with van der Waals surface area (Å²) in [5, 5.41) is 4.43. The highest BCUT2D eigenvalue weighted by Gasteiger charge is 2.44. The molecule has 6 aromatic rings. The van der Waals surface area contributed by atoms with E-state index in [-0.39, 0.29) is 44.4 Å². The third-order valence-electron chi connectivity index (χ3n) is 6.95. The van der Waals surface area contributed by atoms with Gasteiger partial charge in [-0.15, -0.1) is 8.78 Å². The number of hydrogen-bond acceptors (Lipinski definition) is 8. The lowest BCUT2D eigenvalue weighted by molar-refractivity contribution is -0.286. The maximum atomic E-state index is 14.0. The van der Waals surface area contributed by atoms with Crippen molar-refractivity contribution in [3.63, 3.8) is 0 Å². The van der Waals surface area contributed by atoms with Gasteiger partial charge in [0, 0.05) is 11.5 Å². The Morgan fingerprint density at radius 3 is 2.45 bits per heavy atom. The summed E-state index contributed by atoms with van der Waals surface area (Å²) in [6, 6.07) is 14.8. The number of alkyl halides is 2. The fraction of sp³-hybridized carbons (Fsp3) is 0.107. The molecule has 1 aliphatic rings. The first-order valence-electron chi connectivity index (χ1n) is 12.5. The van der Waals surface area contributed by atoms with Gasteiger partial charge in [0.1, 0.15) is 17.3 Å². The molecule has 0 saturated heterocycles. The standard InChI is InChI=1S/C28H20F2N6O5S/c1-14-3-6-18(7-4-14)42(38,39)36-22-12-25-24(40-28(29,30)41-25)10-16(22)9-23(36)26(37)19-13-32-35(27(19)31)17-5-8-20-21(11-17)34-15(2)33-20/h3-13H,31H2,1-2H3,(H,33,34). The van der Waals surface area contributed by atoms with Gasteiger partial charge in [0.05, 0.1) is 38.9 Å². The SMILES string of the molecule is Cc1ccc(S(=O)(=O)n2c(C(=O)c3cnn(-c4ccc5nc(C)[nH]c5c4)c3N)cc3cc4c(cc32)OC(F)(F)O4)cc1. The van der Waals surface area contributed by atoms with Crippen LogP contribution in [-0.2, 0) is 10.0 Å². The van der Waals surface area contributed by atoms with Crippen LogP contribution < -0.4 is 15.2 Å². The van der Waals surface area contributed by atoms with Crippen LogP contribution in [-0.4, -0.2) is 44.2 Å². The van der Waals surface area contributed by atoms with Crippen LogP contribution in [0.3, 0.4) is 0 Å². The topological polar surface area (TPSA) is 147 Å². The number of anilines is 1. The molecule has 0 atom stereocenters. The van der Waals surface area contributed by atoms with E-state index >= 15 is 0 Å². The number of ketones is 1. The zero-order valence-electron chi connectivity index (χ0n) is 21.9. The predicted octanol–water partition coefficient (Wildman–Crippen LogP) is 4.69. The van der Waals surface area contributed by atoms with E-state index < -0.39 is 22.1 Å². The van der Waals surface area contributed by atoms with Gasteiger partial charge in [-0.05, 0) is 56.3 Å². The number of rotatable bonds is 5. The van der Waals surface area contributed by atoms with E-state index in [1.54, 1.807) is 37.3 Å². The number of halogens is 2. The highest BCUT2D eigenvalue weighted by molar-refractivity contribution is 7.90. The Morgan fingerprint density at radius 1 is 1.00 bits per heavy atom. The second kappa shape index (κ2) is 8.63. The molecule has 0 saturated carbocycles. The summed E-state index contributed by atoms with van der Waals surface area (Å²) >= 11 is 0. The molecule has 0 radical (unpaired) electrons.